The number of terminal acetylenes is 1. The van der Waals surface area contributed by atoms with Gasteiger partial charge in [-0.1, -0.05) is 20.8 Å². The molecular weight excluding hydrogens is 146 g/mol. The molecule has 0 saturated heterocycles. The van der Waals surface area contributed by atoms with Crippen LogP contribution in [0, 0.1) is 17.8 Å². The van der Waals surface area contributed by atoms with Gasteiger partial charge in [-0.2, -0.15) is 0 Å². The summed E-state index contributed by atoms with van der Waals surface area (Å²) in [6.45, 7) is 8.90. The molecule has 0 aromatic heterocycles. The average Bonchev–Trinajstić information content (AvgIpc) is 1.94. The van der Waals surface area contributed by atoms with Crippen LogP contribution in [-0.4, -0.2) is 13.1 Å². The number of unbranched alkanes of at least 4 members (excludes halogenated alkanes) is 2. The fraction of sp³-hybridized carbons (Fsp3) is 0.818. The van der Waals surface area contributed by atoms with Gasteiger partial charge >= 0.3 is 0 Å². The minimum Gasteiger partial charge on any atom is -0.316 e. The molecule has 0 radical (unpaired) electrons. The van der Waals surface area contributed by atoms with Crippen LogP contribution in [0.15, 0.2) is 0 Å². The first kappa shape index (κ1) is 11.5. The van der Waals surface area contributed by atoms with E-state index in [4.69, 9.17) is 6.42 Å². The van der Waals surface area contributed by atoms with E-state index in [1.54, 1.807) is 0 Å². The summed E-state index contributed by atoms with van der Waals surface area (Å²) in [6.07, 6.45) is 8.40. The van der Waals surface area contributed by atoms with Crippen LogP contribution in [0.2, 0.25) is 0 Å². The van der Waals surface area contributed by atoms with E-state index in [0.717, 1.165) is 25.9 Å². The van der Waals surface area contributed by atoms with Gasteiger partial charge in [0, 0.05) is 6.42 Å². The zero-order valence-corrected chi connectivity index (χ0v) is 8.61. The van der Waals surface area contributed by atoms with Gasteiger partial charge in [-0.15, -0.1) is 12.3 Å². The van der Waals surface area contributed by atoms with Crippen LogP contribution in [0.1, 0.15) is 40.0 Å². The molecule has 0 saturated carbocycles. The molecule has 0 amide bonds. The van der Waals surface area contributed by atoms with Gasteiger partial charge in [0.15, 0.2) is 0 Å². The van der Waals surface area contributed by atoms with Crippen molar-refractivity contribution >= 4 is 0 Å². The molecule has 0 atom stereocenters. The highest BCUT2D eigenvalue weighted by atomic mass is 14.9. The van der Waals surface area contributed by atoms with Crippen molar-refractivity contribution in [2.45, 2.75) is 40.0 Å². The topological polar surface area (TPSA) is 12.0 Å². The quantitative estimate of drug-likeness (QED) is 0.490. The molecule has 0 aromatic carbocycles. The molecule has 1 heteroatoms. The molecule has 1 nitrogen and oxygen atoms in total. The molecule has 70 valence electrons. The maximum absolute atomic E-state index is 5.14. The summed E-state index contributed by atoms with van der Waals surface area (Å²) >= 11 is 0. The number of hydrogen-bond acceptors (Lipinski definition) is 1. The van der Waals surface area contributed by atoms with Crippen molar-refractivity contribution in [3.63, 3.8) is 0 Å². The normalized spacial score (nSPS) is 11.2. The largest absolute Gasteiger partial charge is 0.316 e. The predicted molar refractivity (Wildman–Crippen MR) is 55.0 cm³/mol. The van der Waals surface area contributed by atoms with Crippen molar-refractivity contribution in [1.82, 2.24) is 5.32 Å². The second-order valence-electron chi connectivity index (χ2n) is 4.40. The Labute approximate surface area is 76.9 Å². The van der Waals surface area contributed by atoms with Crippen molar-refractivity contribution in [3.8, 4) is 12.3 Å². The highest BCUT2D eigenvalue weighted by Crippen LogP contribution is 2.10. The summed E-state index contributed by atoms with van der Waals surface area (Å²) in [5.41, 5.74) is 0.395. The second-order valence-corrected chi connectivity index (χ2v) is 4.40. The summed E-state index contributed by atoms with van der Waals surface area (Å²) in [5, 5.41) is 3.42. The van der Waals surface area contributed by atoms with Crippen LogP contribution in [0.3, 0.4) is 0 Å². The lowest BCUT2D eigenvalue weighted by Gasteiger charge is -2.18. The van der Waals surface area contributed by atoms with Crippen molar-refractivity contribution in [2.75, 3.05) is 13.1 Å². The molecule has 0 aliphatic carbocycles. The Morgan fingerprint density at radius 2 is 1.92 bits per heavy atom. The minimum atomic E-state index is 0.395. The molecule has 0 heterocycles. The fourth-order valence-electron chi connectivity index (χ4n) is 0.940. The zero-order chi connectivity index (χ0) is 9.45. The second kappa shape index (κ2) is 6.08. The van der Waals surface area contributed by atoms with E-state index >= 15 is 0 Å². The lowest BCUT2D eigenvalue weighted by atomic mass is 9.97. The SMILES string of the molecule is C#CCCCCNCC(C)(C)C. The monoisotopic (exact) mass is 167 g/mol. The average molecular weight is 167 g/mol. The van der Waals surface area contributed by atoms with Crippen LogP contribution in [0.25, 0.3) is 0 Å². The first-order chi connectivity index (χ1) is 5.56. The molecule has 0 unspecified atom stereocenters. The van der Waals surface area contributed by atoms with E-state index < -0.39 is 0 Å². The van der Waals surface area contributed by atoms with E-state index in [-0.39, 0.29) is 0 Å². The Morgan fingerprint density at radius 1 is 1.25 bits per heavy atom. The molecule has 0 fully saturated rings. The van der Waals surface area contributed by atoms with Crippen LogP contribution in [-0.2, 0) is 0 Å². The maximum atomic E-state index is 5.14. The van der Waals surface area contributed by atoms with Gasteiger partial charge in [0.2, 0.25) is 0 Å². The Balaban J connectivity index is 3.07. The van der Waals surface area contributed by atoms with Gasteiger partial charge in [-0.05, 0) is 31.3 Å². The van der Waals surface area contributed by atoms with Gasteiger partial charge in [0.1, 0.15) is 0 Å². The fourth-order valence-corrected chi connectivity index (χ4v) is 0.940. The Hall–Kier alpha value is -0.480. The molecule has 0 rings (SSSR count). The van der Waals surface area contributed by atoms with E-state index in [0.29, 0.717) is 5.41 Å². The molecule has 1 N–H and O–H groups in total. The van der Waals surface area contributed by atoms with Crippen LogP contribution < -0.4 is 5.32 Å². The van der Waals surface area contributed by atoms with E-state index in [1.165, 1.54) is 6.42 Å². The third-order valence-electron chi connectivity index (χ3n) is 1.58. The highest BCUT2D eigenvalue weighted by molar-refractivity contribution is 4.82. The highest BCUT2D eigenvalue weighted by Gasteiger charge is 2.07. The summed E-state index contributed by atoms with van der Waals surface area (Å²) in [5.74, 6) is 2.65. The summed E-state index contributed by atoms with van der Waals surface area (Å²) in [7, 11) is 0. The Kier molecular flexibility index (Phi) is 5.84. The first-order valence-corrected chi connectivity index (χ1v) is 4.70. The predicted octanol–water partition coefficient (Wildman–Crippen LogP) is 2.43. The van der Waals surface area contributed by atoms with Crippen LogP contribution in [0.5, 0.6) is 0 Å². The smallest absolute Gasteiger partial charge is 0.00865 e. The maximum Gasteiger partial charge on any atom is 0.00865 e. The van der Waals surface area contributed by atoms with Gasteiger partial charge in [0.05, 0.1) is 0 Å². The van der Waals surface area contributed by atoms with Crippen LogP contribution in [0.4, 0.5) is 0 Å². The number of rotatable bonds is 5. The molecular formula is C11H21N. The van der Waals surface area contributed by atoms with Crippen LogP contribution >= 0.6 is 0 Å². The summed E-state index contributed by atoms with van der Waals surface area (Å²) in [4.78, 5) is 0. The molecule has 0 aromatic rings. The zero-order valence-electron chi connectivity index (χ0n) is 8.61. The number of hydrogen-bond donors (Lipinski definition) is 1. The molecule has 12 heavy (non-hydrogen) atoms. The van der Waals surface area contributed by atoms with E-state index in [9.17, 15) is 0 Å². The third-order valence-corrected chi connectivity index (χ3v) is 1.58. The van der Waals surface area contributed by atoms with Crippen molar-refractivity contribution in [3.05, 3.63) is 0 Å². The standard InChI is InChI=1S/C11H21N/c1-5-6-7-8-9-12-10-11(2,3)4/h1,12H,6-10H2,2-4H3. The number of nitrogens with one attached hydrogen (secondary N) is 1. The molecule has 0 spiro atoms. The lowest BCUT2D eigenvalue weighted by molar-refractivity contribution is 0.378. The molecule has 0 bridgehead atoms. The van der Waals surface area contributed by atoms with Gasteiger partial charge in [-0.25, -0.2) is 0 Å². The van der Waals surface area contributed by atoms with Gasteiger partial charge < -0.3 is 5.32 Å². The van der Waals surface area contributed by atoms with E-state index in [2.05, 4.69) is 32.0 Å². The third kappa shape index (κ3) is 9.52. The Bertz CT molecular complexity index is 136. The summed E-state index contributed by atoms with van der Waals surface area (Å²) in [6, 6.07) is 0. The van der Waals surface area contributed by atoms with Crippen molar-refractivity contribution in [1.29, 1.82) is 0 Å². The van der Waals surface area contributed by atoms with Gasteiger partial charge in [-0.3, -0.25) is 0 Å². The summed E-state index contributed by atoms with van der Waals surface area (Å²) < 4.78 is 0. The lowest BCUT2D eigenvalue weighted by Crippen LogP contribution is -2.27. The van der Waals surface area contributed by atoms with Gasteiger partial charge in [0.25, 0.3) is 0 Å². The molecule has 0 aliphatic rings. The first-order valence-electron chi connectivity index (χ1n) is 4.70. The van der Waals surface area contributed by atoms with E-state index in [1.807, 2.05) is 0 Å². The molecule has 0 aliphatic heterocycles. The minimum absolute atomic E-state index is 0.395. The van der Waals surface area contributed by atoms with Crippen molar-refractivity contribution in [2.24, 2.45) is 5.41 Å². The Morgan fingerprint density at radius 3 is 2.42 bits per heavy atom. The van der Waals surface area contributed by atoms with Crippen molar-refractivity contribution < 1.29 is 0 Å².